The van der Waals surface area contributed by atoms with Crippen molar-refractivity contribution < 1.29 is 4.39 Å². The first kappa shape index (κ1) is 10.7. The van der Waals surface area contributed by atoms with Gasteiger partial charge in [0.15, 0.2) is 0 Å². The fourth-order valence-electron chi connectivity index (χ4n) is 1.48. The lowest BCUT2D eigenvalue weighted by Crippen LogP contribution is -1.85. The van der Waals surface area contributed by atoms with E-state index in [0.717, 1.165) is 0 Å². The van der Waals surface area contributed by atoms with Gasteiger partial charge in [0, 0.05) is 10.6 Å². The molecular formula is C13H7ClFN. The van der Waals surface area contributed by atoms with Crippen molar-refractivity contribution in [2.24, 2.45) is 0 Å². The van der Waals surface area contributed by atoms with Crippen LogP contribution in [0.5, 0.6) is 0 Å². The number of nitriles is 1. The molecule has 2 aromatic carbocycles. The molecule has 0 aromatic heterocycles. The Morgan fingerprint density at radius 1 is 1.12 bits per heavy atom. The van der Waals surface area contributed by atoms with Crippen molar-refractivity contribution in [2.45, 2.75) is 0 Å². The quantitative estimate of drug-likeness (QED) is 0.727. The number of hydrogen-bond donors (Lipinski definition) is 0. The maximum atomic E-state index is 13.6. The molecular weight excluding hydrogens is 225 g/mol. The van der Waals surface area contributed by atoms with Gasteiger partial charge in [-0.2, -0.15) is 5.26 Å². The molecule has 0 saturated heterocycles. The molecule has 16 heavy (non-hydrogen) atoms. The Kier molecular flexibility index (Phi) is 2.89. The zero-order valence-corrected chi connectivity index (χ0v) is 9.00. The van der Waals surface area contributed by atoms with Crippen molar-refractivity contribution in [3.05, 3.63) is 58.9 Å². The van der Waals surface area contributed by atoms with Gasteiger partial charge in [0.1, 0.15) is 5.82 Å². The summed E-state index contributed by atoms with van der Waals surface area (Å²) in [5.41, 5.74) is 1.63. The van der Waals surface area contributed by atoms with Crippen molar-refractivity contribution in [3.8, 4) is 17.2 Å². The van der Waals surface area contributed by atoms with Gasteiger partial charge in [0.05, 0.1) is 11.6 Å². The van der Waals surface area contributed by atoms with Crippen LogP contribution in [0.1, 0.15) is 5.56 Å². The SMILES string of the molecule is N#Cc1cccc(-c2ccc(Cl)cc2F)c1. The van der Waals surface area contributed by atoms with Crippen LogP contribution in [-0.2, 0) is 0 Å². The van der Waals surface area contributed by atoms with Gasteiger partial charge in [0.2, 0.25) is 0 Å². The van der Waals surface area contributed by atoms with Gasteiger partial charge in [-0.3, -0.25) is 0 Å². The third-order valence-corrected chi connectivity index (χ3v) is 2.47. The summed E-state index contributed by atoms with van der Waals surface area (Å²) in [4.78, 5) is 0. The van der Waals surface area contributed by atoms with Crippen LogP contribution in [-0.4, -0.2) is 0 Å². The molecule has 0 bridgehead atoms. The minimum absolute atomic E-state index is 0.359. The van der Waals surface area contributed by atoms with E-state index < -0.39 is 0 Å². The van der Waals surface area contributed by atoms with Gasteiger partial charge in [-0.05, 0) is 35.9 Å². The number of rotatable bonds is 1. The van der Waals surface area contributed by atoms with E-state index in [4.69, 9.17) is 16.9 Å². The summed E-state index contributed by atoms with van der Waals surface area (Å²) in [5, 5.41) is 9.12. The van der Waals surface area contributed by atoms with E-state index in [-0.39, 0.29) is 5.82 Å². The van der Waals surface area contributed by atoms with Crippen LogP contribution in [0, 0.1) is 17.1 Å². The lowest BCUT2D eigenvalue weighted by molar-refractivity contribution is 0.631. The second kappa shape index (κ2) is 4.34. The Morgan fingerprint density at radius 2 is 1.94 bits per heavy atom. The third-order valence-electron chi connectivity index (χ3n) is 2.23. The van der Waals surface area contributed by atoms with E-state index in [0.29, 0.717) is 21.7 Å². The maximum Gasteiger partial charge on any atom is 0.132 e. The molecule has 3 heteroatoms. The standard InChI is InChI=1S/C13H7ClFN/c14-11-4-5-12(13(15)7-11)10-3-1-2-9(6-10)8-16/h1-7H. The van der Waals surface area contributed by atoms with Crippen LogP contribution in [0.3, 0.4) is 0 Å². The highest BCUT2D eigenvalue weighted by Gasteiger charge is 2.05. The molecule has 0 spiro atoms. The van der Waals surface area contributed by atoms with E-state index in [1.165, 1.54) is 6.07 Å². The summed E-state index contributed by atoms with van der Waals surface area (Å²) in [6.45, 7) is 0. The van der Waals surface area contributed by atoms with Crippen molar-refractivity contribution in [3.63, 3.8) is 0 Å². The topological polar surface area (TPSA) is 23.8 Å². The second-order valence-electron chi connectivity index (χ2n) is 3.32. The highest BCUT2D eigenvalue weighted by Crippen LogP contribution is 2.25. The van der Waals surface area contributed by atoms with Gasteiger partial charge in [-0.15, -0.1) is 0 Å². The zero-order chi connectivity index (χ0) is 11.5. The normalized spacial score (nSPS) is 9.81. The Bertz CT molecular complexity index is 572. The molecule has 0 aliphatic carbocycles. The summed E-state index contributed by atoms with van der Waals surface area (Å²) in [5.74, 6) is -0.386. The number of nitrogens with zero attached hydrogens (tertiary/aromatic N) is 1. The molecule has 2 aromatic rings. The van der Waals surface area contributed by atoms with Crippen LogP contribution in [0.2, 0.25) is 5.02 Å². The highest BCUT2D eigenvalue weighted by molar-refractivity contribution is 6.30. The molecule has 0 aliphatic rings. The average Bonchev–Trinajstić information content (AvgIpc) is 2.29. The highest BCUT2D eigenvalue weighted by atomic mass is 35.5. The summed E-state index contributed by atoms with van der Waals surface area (Å²) in [6, 6.07) is 13.3. The number of halogens is 2. The fourth-order valence-corrected chi connectivity index (χ4v) is 1.64. The van der Waals surface area contributed by atoms with Crippen molar-refractivity contribution in [2.75, 3.05) is 0 Å². The molecule has 78 valence electrons. The monoisotopic (exact) mass is 231 g/mol. The fraction of sp³-hybridized carbons (Fsp3) is 0. The van der Waals surface area contributed by atoms with Gasteiger partial charge in [-0.1, -0.05) is 23.7 Å². The molecule has 0 N–H and O–H groups in total. The van der Waals surface area contributed by atoms with E-state index in [2.05, 4.69) is 0 Å². The molecule has 0 heterocycles. The van der Waals surface area contributed by atoms with E-state index in [1.54, 1.807) is 36.4 Å². The molecule has 1 nitrogen and oxygen atoms in total. The van der Waals surface area contributed by atoms with E-state index >= 15 is 0 Å². The summed E-state index contributed by atoms with van der Waals surface area (Å²) < 4.78 is 13.6. The first-order valence-electron chi connectivity index (χ1n) is 4.66. The summed E-state index contributed by atoms with van der Waals surface area (Å²) in [6.07, 6.45) is 0. The predicted molar refractivity (Wildman–Crippen MR) is 61.6 cm³/mol. The summed E-state index contributed by atoms with van der Waals surface area (Å²) in [7, 11) is 0. The number of hydrogen-bond acceptors (Lipinski definition) is 1. The first-order chi connectivity index (χ1) is 7.70. The molecule has 0 amide bonds. The zero-order valence-electron chi connectivity index (χ0n) is 8.24. The summed E-state index contributed by atoms with van der Waals surface area (Å²) >= 11 is 5.67. The molecule has 2 rings (SSSR count). The average molecular weight is 232 g/mol. The lowest BCUT2D eigenvalue weighted by atomic mass is 10.0. The van der Waals surface area contributed by atoms with E-state index in [1.807, 2.05) is 6.07 Å². The van der Waals surface area contributed by atoms with Crippen LogP contribution >= 0.6 is 11.6 Å². The second-order valence-corrected chi connectivity index (χ2v) is 3.75. The van der Waals surface area contributed by atoms with Crippen LogP contribution < -0.4 is 0 Å². The minimum Gasteiger partial charge on any atom is -0.206 e. The molecule has 0 atom stereocenters. The molecule has 0 saturated carbocycles. The molecule has 0 unspecified atom stereocenters. The van der Waals surface area contributed by atoms with Crippen molar-refractivity contribution in [1.29, 1.82) is 5.26 Å². The Morgan fingerprint density at radius 3 is 2.62 bits per heavy atom. The van der Waals surface area contributed by atoms with Gasteiger partial charge in [0.25, 0.3) is 0 Å². The minimum atomic E-state index is -0.386. The van der Waals surface area contributed by atoms with Crippen LogP contribution in [0.4, 0.5) is 4.39 Å². The Balaban J connectivity index is 2.55. The van der Waals surface area contributed by atoms with Crippen molar-refractivity contribution in [1.82, 2.24) is 0 Å². The third kappa shape index (κ3) is 2.05. The van der Waals surface area contributed by atoms with Crippen LogP contribution in [0.25, 0.3) is 11.1 Å². The predicted octanol–water partition coefficient (Wildman–Crippen LogP) is 4.02. The van der Waals surface area contributed by atoms with Gasteiger partial charge < -0.3 is 0 Å². The van der Waals surface area contributed by atoms with Gasteiger partial charge >= 0.3 is 0 Å². The van der Waals surface area contributed by atoms with Crippen molar-refractivity contribution >= 4 is 11.6 Å². The van der Waals surface area contributed by atoms with Crippen LogP contribution in [0.15, 0.2) is 42.5 Å². The first-order valence-corrected chi connectivity index (χ1v) is 5.04. The number of benzene rings is 2. The molecule has 0 fully saturated rings. The lowest BCUT2D eigenvalue weighted by Gasteiger charge is -2.03. The molecule has 0 radical (unpaired) electrons. The largest absolute Gasteiger partial charge is 0.206 e. The Hall–Kier alpha value is -1.85. The smallest absolute Gasteiger partial charge is 0.132 e. The maximum absolute atomic E-state index is 13.6. The van der Waals surface area contributed by atoms with E-state index in [9.17, 15) is 4.39 Å². The Labute approximate surface area is 97.7 Å². The van der Waals surface area contributed by atoms with Gasteiger partial charge in [-0.25, -0.2) is 4.39 Å². The molecule has 0 aliphatic heterocycles.